The number of nitrogens with two attached hydrogens (primary N) is 1. The monoisotopic (exact) mass is 275 g/mol. The van der Waals surface area contributed by atoms with Gasteiger partial charge in [0.15, 0.2) is 0 Å². The molecule has 20 heavy (non-hydrogen) atoms. The lowest BCUT2D eigenvalue weighted by Crippen LogP contribution is -2.35. The molecule has 1 aromatic carbocycles. The minimum Gasteiger partial charge on any atom is -0.369 e. The van der Waals surface area contributed by atoms with Crippen LogP contribution in [0.1, 0.15) is 18.9 Å². The van der Waals surface area contributed by atoms with Gasteiger partial charge in [-0.05, 0) is 12.0 Å². The normalized spacial score (nSPS) is 10.9. The molecule has 3 amide bonds. The maximum atomic E-state index is 11.8. The predicted molar refractivity (Wildman–Crippen MR) is 75.1 cm³/mol. The summed E-state index contributed by atoms with van der Waals surface area (Å²) < 4.78 is 0. The van der Waals surface area contributed by atoms with Gasteiger partial charge in [-0.25, -0.2) is 4.99 Å². The molecule has 1 aromatic rings. The quantitative estimate of drug-likeness (QED) is 0.725. The van der Waals surface area contributed by atoms with Crippen molar-refractivity contribution in [2.24, 2.45) is 10.7 Å². The summed E-state index contributed by atoms with van der Waals surface area (Å²) in [5, 5.41) is 2.61. The van der Waals surface area contributed by atoms with Crippen molar-refractivity contribution >= 4 is 23.4 Å². The molecule has 6 nitrogen and oxygen atoms in total. The van der Waals surface area contributed by atoms with E-state index in [2.05, 4.69) is 10.3 Å². The van der Waals surface area contributed by atoms with E-state index in [1.165, 1.54) is 6.92 Å². The highest BCUT2D eigenvalue weighted by Gasteiger charge is 2.14. The van der Waals surface area contributed by atoms with E-state index in [-0.39, 0.29) is 12.1 Å². The Morgan fingerprint density at radius 3 is 2.40 bits per heavy atom. The number of hydrogen-bond acceptors (Lipinski definition) is 3. The number of nitrogens with one attached hydrogen (secondary N) is 1. The van der Waals surface area contributed by atoms with Crippen LogP contribution >= 0.6 is 0 Å². The highest BCUT2D eigenvalue weighted by Crippen LogP contribution is 1.98. The van der Waals surface area contributed by atoms with Crippen LogP contribution in [-0.4, -0.2) is 30.0 Å². The lowest BCUT2D eigenvalue weighted by Gasteiger charge is -2.06. The van der Waals surface area contributed by atoms with Gasteiger partial charge < -0.3 is 11.1 Å². The van der Waals surface area contributed by atoms with Crippen molar-refractivity contribution in [2.75, 3.05) is 6.54 Å². The van der Waals surface area contributed by atoms with Gasteiger partial charge in [0, 0.05) is 13.5 Å². The second-order valence-corrected chi connectivity index (χ2v) is 4.21. The van der Waals surface area contributed by atoms with Crippen LogP contribution in [0.5, 0.6) is 0 Å². The highest BCUT2D eigenvalue weighted by atomic mass is 16.2. The molecule has 0 fully saturated rings. The van der Waals surface area contributed by atoms with Crippen molar-refractivity contribution in [1.82, 2.24) is 5.32 Å². The van der Waals surface area contributed by atoms with Crippen molar-refractivity contribution in [3.63, 3.8) is 0 Å². The summed E-state index contributed by atoms with van der Waals surface area (Å²) in [6, 6.07) is 9.62. The Kier molecular flexibility index (Phi) is 6.09. The molecular formula is C14H17N3O3. The summed E-state index contributed by atoms with van der Waals surface area (Å²) in [7, 11) is 0. The molecule has 0 saturated heterocycles. The van der Waals surface area contributed by atoms with Crippen molar-refractivity contribution in [3.8, 4) is 0 Å². The fourth-order valence-electron chi connectivity index (χ4n) is 1.59. The summed E-state index contributed by atoms with van der Waals surface area (Å²) in [6.07, 6.45) is 0.299. The van der Waals surface area contributed by atoms with Gasteiger partial charge in [-0.1, -0.05) is 30.3 Å². The number of rotatable bonds is 6. The Hall–Kier alpha value is -2.50. The van der Waals surface area contributed by atoms with Crippen LogP contribution in [0.4, 0.5) is 0 Å². The average molecular weight is 275 g/mol. The van der Waals surface area contributed by atoms with Gasteiger partial charge in [0.05, 0.1) is 6.42 Å². The smallest absolute Gasteiger partial charge is 0.266 e. The minimum atomic E-state index is -0.705. The minimum absolute atomic E-state index is 0.155. The van der Waals surface area contributed by atoms with Crippen LogP contribution in [0.2, 0.25) is 0 Å². The Labute approximate surface area is 117 Å². The third-order valence-corrected chi connectivity index (χ3v) is 2.44. The Morgan fingerprint density at radius 1 is 1.20 bits per heavy atom. The van der Waals surface area contributed by atoms with Crippen LogP contribution in [0.3, 0.4) is 0 Å². The Balaban J connectivity index is 2.54. The van der Waals surface area contributed by atoms with Gasteiger partial charge >= 0.3 is 0 Å². The van der Waals surface area contributed by atoms with Gasteiger partial charge in [-0.15, -0.1) is 0 Å². The molecule has 0 bridgehead atoms. The standard InChI is InChI=1S/C14H17N3O3/c1-10(18)17-12(9-13(15)19)14(20)16-8-7-11-5-3-2-4-6-11/h2-6H,7-9H2,1H3,(H2,15,19)(H,16,20). The number of amides is 3. The number of aliphatic imine (C=N–C) groups is 1. The van der Waals surface area contributed by atoms with E-state index in [9.17, 15) is 14.4 Å². The zero-order valence-corrected chi connectivity index (χ0v) is 11.3. The topological polar surface area (TPSA) is 102 Å². The molecule has 0 saturated carbocycles. The summed E-state index contributed by atoms with van der Waals surface area (Å²) in [6.45, 7) is 1.59. The SMILES string of the molecule is CC(=O)N=C(CC(N)=O)C(=O)NCCc1ccccc1. The molecule has 0 aliphatic heterocycles. The van der Waals surface area contributed by atoms with Crippen LogP contribution in [0.25, 0.3) is 0 Å². The summed E-state index contributed by atoms with van der Waals surface area (Å²) in [5.41, 5.74) is 5.94. The number of carbonyl (C=O) groups is 3. The maximum absolute atomic E-state index is 11.8. The van der Waals surface area contributed by atoms with E-state index in [0.717, 1.165) is 5.56 Å². The lowest BCUT2D eigenvalue weighted by molar-refractivity contribution is -0.119. The van der Waals surface area contributed by atoms with Gasteiger partial charge in [-0.2, -0.15) is 0 Å². The van der Waals surface area contributed by atoms with E-state index in [1.54, 1.807) is 0 Å². The highest BCUT2D eigenvalue weighted by molar-refractivity contribution is 6.43. The number of carbonyl (C=O) groups excluding carboxylic acids is 3. The molecule has 0 aliphatic carbocycles. The van der Waals surface area contributed by atoms with Crippen molar-refractivity contribution in [3.05, 3.63) is 35.9 Å². The maximum Gasteiger partial charge on any atom is 0.266 e. The number of nitrogens with zero attached hydrogens (tertiary/aromatic N) is 1. The van der Waals surface area contributed by atoms with Crippen LogP contribution < -0.4 is 11.1 Å². The number of benzene rings is 1. The first kappa shape index (κ1) is 15.6. The Bertz CT molecular complexity index is 524. The van der Waals surface area contributed by atoms with Crippen LogP contribution in [0, 0.1) is 0 Å². The molecular weight excluding hydrogens is 258 g/mol. The zero-order chi connectivity index (χ0) is 15.0. The molecule has 0 spiro atoms. The first-order valence-electron chi connectivity index (χ1n) is 6.17. The molecule has 0 heterocycles. The number of hydrogen-bond donors (Lipinski definition) is 2. The largest absolute Gasteiger partial charge is 0.369 e. The van der Waals surface area contributed by atoms with E-state index >= 15 is 0 Å². The van der Waals surface area contributed by atoms with Crippen molar-refractivity contribution < 1.29 is 14.4 Å². The first-order valence-corrected chi connectivity index (χ1v) is 6.17. The second kappa shape index (κ2) is 7.83. The molecule has 0 atom stereocenters. The van der Waals surface area contributed by atoms with Crippen molar-refractivity contribution in [1.29, 1.82) is 0 Å². The van der Waals surface area contributed by atoms with E-state index in [1.807, 2.05) is 30.3 Å². The lowest BCUT2D eigenvalue weighted by atomic mass is 10.1. The van der Waals surface area contributed by atoms with Gasteiger partial charge in [-0.3, -0.25) is 14.4 Å². The fraction of sp³-hybridized carbons (Fsp3) is 0.286. The average Bonchev–Trinajstić information content (AvgIpc) is 2.38. The molecule has 0 radical (unpaired) electrons. The third-order valence-electron chi connectivity index (χ3n) is 2.44. The van der Waals surface area contributed by atoms with Gasteiger partial charge in [0.2, 0.25) is 11.8 Å². The summed E-state index contributed by atoms with van der Waals surface area (Å²) >= 11 is 0. The van der Waals surface area contributed by atoms with E-state index in [0.29, 0.717) is 13.0 Å². The second-order valence-electron chi connectivity index (χ2n) is 4.21. The Morgan fingerprint density at radius 2 is 1.85 bits per heavy atom. The van der Waals surface area contributed by atoms with E-state index < -0.39 is 17.7 Å². The first-order chi connectivity index (χ1) is 9.49. The van der Waals surface area contributed by atoms with Crippen LogP contribution in [0.15, 0.2) is 35.3 Å². The molecule has 106 valence electrons. The predicted octanol–water partition coefficient (Wildman–Crippen LogP) is 0.208. The summed E-state index contributed by atoms with van der Waals surface area (Å²) in [5.74, 6) is -1.79. The molecule has 3 N–H and O–H groups in total. The molecule has 0 aromatic heterocycles. The van der Waals surface area contributed by atoms with Gasteiger partial charge in [0.1, 0.15) is 5.71 Å². The molecule has 0 unspecified atom stereocenters. The van der Waals surface area contributed by atoms with Crippen LogP contribution in [-0.2, 0) is 20.8 Å². The van der Waals surface area contributed by atoms with Crippen molar-refractivity contribution in [2.45, 2.75) is 19.8 Å². The molecule has 6 heteroatoms. The summed E-state index contributed by atoms with van der Waals surface area (Å²) in [4.78, 5) is 37.1. The molecule has 0 aliphatic rings. The number of primary amides is 1. The molecule has 1 rings (SSSR count). The fourth-order valence-corrected chi connectivity index (χ4v) is 1.59. The van der Waals surface area contributed by atoms with Gasteiger partial charge in [0.25, 0.3) is 5.91 Å². The third kappa shape index (κ3) is 5.90. The zero-order valence-electron chi connectivity index (χ0n) is 11.3. The van der Waals surface area contributed by atoms with E-state index in [4.69, 9.17) is 5.73 Å².